The maximum atomic E-state index is 12.4. The van der Waals surface area contributed by atoms with Gasteiger partial charge in [0, 0.05) is 38.8 Å². The molecule has 0 bridgehead atoms. The number of hydrogen-bond acceptors (Lipinski definition) is 3. The van der Waals surface area contributed by atoms with Crippen LogP contribution in [0.3, 0.4) is 0 Å². The van der Waals surface area contributed by atoms with Gasteiger partial charge in [0.05, 0.1) is 0 Å². The number of rotatable bonds is 6. The number of Topliss-reactive ketones (excluding diaryl/α,β-unsaturated/α-hetero) is 1. The number of carbonyl (C=O) groups excluding carboxylic acids is 2. The van der Waals surface area contributed by atoms with Crippen LogP contribution in [0, 0.1) is 0 Å². The van der Waals surface area contributed by atoms with Gasteiger partial charge >= 0.3 is 5.97 Å². The third kappa shape index (κ3) is 4.41. The van der Waals surface area contributed by atoms with Gasteiger partial charge in [-0.15, -0.1) is 0 Å². The van der Waals surface area contributed by atoms with Crippen molar-refractivity contribution in [2.24, 2.45) is 0 Å². The van der Waals surface area contributed by atoms with Crippen LogP contribution in [0.5, 0.6) is 0 Å². The predicted molar refractivity (Wildman–Crippen MR) is 108 cm³/mol. The lowest BCUT2D eigenvalue weighted by molar-refractivity contribution is -0.136. The quantitative estimate of drug-likeness (QED) is 0.338. The Hall–Kier alpha value is -2.56. The Morgan fingerprint density at radius 3 is 2.74 bits per heavy atom. The first-order valence-corrected chi connectivity index (χ1v) is 9.17. The van der Waals surface area contributed by atoms with Gasteiger partial charge in [-0.05, 0) is 35.8 Å². The fourth-order valence-electron chi connectivity index (χ4n) is 2.80. The number of nitrogens with one attached hydrogen (secondary N) is 1. The van der Waals surface area contributed by atoms with E-state index in [9.17, 15) is 9.59 Å². The molecule has 0 aliphatic carbocycles. The summed E-state index contributed by atoms with van der Waals surface area (Å²) < 4.78 is 5.06. The summed E-state index contributed by atoms with van der Waals surface area (Å²) in [6.07, 6.45) is 5.26. The first kappa shape index (κ1) is 19.2. The predicted octanol–water partition coefficient (Wildman–Crippen LogP) is 5.48. The standard InChI is InChI=1S/C21H17Cl2NO3/c1-2-13-4-3-5-16-17(11-24-21(13)16)19(25)12-27-20(26)9-7-14-6-8-15(22)10-18(14)23/h3-11,24H,2,12H2,1H3/b9-7+. The molecule has 1 heterocycles. The largest absolute Gasteiger partial charge is 0.454 e. The van der Waals surface area contributed by atoms with Gasteiger partial charge in [0.15, 0.2) is 6.61 Å². The first-order valence-electron chi connectivity index (χ1n) is 8.41. The number of H-pyrrole nitrogens is 1. The average molecular weight is 402 g/mol. The van der Waals surface area contributed by atoms with Crippen molar-refractivity contribution in [3.05, 3.63) is 75.4 Å². The Morgan fingerprint density at radius 1 is 1.19 bits per heavy atom. The molecular weight excluding hydrogens is 385 g/mol. The summed E-state index contributed by atoms with van der Waals surface area (Å²) in [5.74, 6) is -0.885. The van der Waals surface area contributed by atoms with Crippen molar-refractivity contribution in [1.29, 1.82) is 0 Å². The minimum absolute atomic E-state index is 0.263. The van der Waals surface area contributed by atoms with E-state index >= 15 is 0 Å². The van der Waals surface area contributed by atoms with E-state index in [0.717, 1.165) is 22.9 Å². The summed E-state index contributed by atoms with van der Waals surface area (Å²) in [6, 6.07) is 10.7. The summed E-state index contributed by atoms with van der Waals surface area (Å²) in [4.78, 5) is 27.5. The summed E-state index contributed by atoms with van der Waals surface area (Å²) >= 11 is 11.9. The smallest absolute Gasteiger partial charge is 0.331 e. The summed E-state index contributed by atoms with van der Waals surface area (Å²) in [5, 5.41) is 1.77. The van der Waals surface area contributed by atoms with Crippen LogP contribution in [0.1, 0.15) is 28.4 Å². The zero-order valence-corrected chi connectivity index (χ0v) is 16.1. The average Bonchev–Trinajstić information content (AvgIpc) is 3.09. The molecule has 0 spiro atoms. The summed E-state index contributed by atoms with van der Waals surface area (Å²) in [6.45, 7) is 1.72. The van der Waals surface area contributed by atoms with Crippen molar-refractivity contribution in [3.8, 4) is 0 Å². The zero-order chi connectivity index (χ0) is 19.4. The van der Waals surface area contributed by atoms with Crippen LogP contribution < -0.4 is 0 Å². The van der Waals surface area contributed by atoms with Crippen molar-refractivity contribution in [2.75, 3.05) is 6.61 Å². The van der Waals surface area contributed by atoms with Gasteiger partial charge in [-0.25, -0.2) is 4.79 Å². The zero-order valence-electron chi connectivity index (χ0n) is 14.6. The van der Waals surface area contributed by atoms with E-state index in [1.807, 2.05) is 18.2 Å². The third-order valence-corrected chi connectivity index (χ3v) is 4.75. The van der Waals surface area contributed by atoms with Crippen LogP contribution in [0.15, 0.2) is 48.7 Å². The van der Waals surface area contributed by atoms with E-state index in [2.05, 4.69) is 11.9 Å². The monoisotopic (exact) mass is 401 g/mol. The van der Waals surface area contributed by atoms with Crippen molar-refractivity contribution < 1.29 is 14.3 Å². The Balaban J connectivity index is 1.65. The molecule has 4 nitrogen and oxygen atoms in total. The molecule has 0 fully saturated rings. The number of fused-ring (bicyclic) bond motifs is 1. The molecule has 0 saturated carbocycles. The number of benzene rings is 2. The number of aromatic amines is 1. The highest BCUT2D eigenvalue weighted by molar-refractivity contribution is 6.35. The molecule has 0 amide bonds. The summed E-state index contributed by atoms with van der Waals surface area (Å²) in [7, 11) is 0. The van der Waals surface area contributed by atoms with Crippen molar-refractivity contribution in [3.63, 3.8) is 0 Å². The summed E-state index contributed by atoms with van der Waals surface area (Å²) in [5.41, 5.74) is 3.21. The van der Waals surface area contributed by atoms with Crippen LogP contribution in [0.4, 0.5) is 0 Å². The van der Waals surface area contributed by atoms with Gasteiger partial charge in [0.25, 0.3) is 0 Å². The van der Waals surface area contributed by atoms with Crippen LogP contribution in [0.2, 0.25) is 10.0 Å². The lowest BCUT2D eigenvalue weighted by Gasteiger charge is -2.03. The second kappa shape index (κ2) is 8.42. The van der Waals surface area contributed by atoms with E-state index in [1.54, 1.807) is 24.4 Å². The molecule has 0 aliphatic rings. The number of ether oxygens (including phenoxy) is 1. The normalized spacial score (nSPS) is 11.2. The SMILES string of the molecule is CCc1cccc2c(C(=O)COC(=O)/C=C/c3ccc(Cl)cc3Cl)c[nH]c12. The minimum Gasteiger partial charge on any atom is -0.454 e. The van der Waals surface area contributed by atoms with E-state index < -0.39 is 5.97 Å². The van der Waals surface area contributed by atoms with E-state index in [4.69, 9.17) is 27.9 Å². The highest BCUT2D eigenvalue weighted by Gasteiger charge is 2.15. The molecule has 0 aliphatic heterocycles. The Bertz CT molecular complexity index is 1040. The molecule has 0 unspecified atom stereocenters. The number of para-hydroxylation sites is 1. The number of hydrogen-bond donors (Lipinski definition) is 1. The van der Waals surface area contributed by atoms with Crippen LogP contribution in [-0.4, -0.2) is 23.3 Å². The van der Waals surface area contributed by atoms with E-state index in [-0.39, 0.29) is 12.4 Å². The van der Waals surface area contributed by atoms with Crippen molar-refractivity contribution >= 4 is 51.9 Å². The number of aryl methyl sites for hydroxylation is 1. The number of aromatic nitrogens is 1. The van der Waals surface area contributed by atoms with E-state index in [0.29, 0.717) is 21.2 Å². The number of carbonyl (C=O) groups is 2. The Morgan fingerprint density at radius 2 is 2.00 bits per heavy atom. The highest BCUT2D eigenvalue weighted by atomic mass is 35.5. The van der Waals surface area contributed by atoms with E-state index in [1.165, 1.54) is 12.2 Å². The second-order valence-corrected chi connectivity index (χ2v) is 6.77. The molecular formula is C21H17Cl2NO3. The van der Waals surface area contributed by atoms with Crippen molar-refractivity contribution in [2.45, 2.75) is 13.3 Å². The molecule has 0 saturated heterocycles. The highest BCUT2D eigenvalue weighted by Crippen LogP contribution is 2.23. The fourth-order valence-corrected chi connectivity index (χ4v) is 3.27. The van der Waals surface area contributed by atoms with Crippen molar-refractivity contribution in [1.82, 2.24) is 4.98 Å². The molecule has 27 heavy (non-hydrogen) atoms. The van der Waals surface area contributed by atoms with Gasteiger partial charge < -0.3 is 9.72 Å². The second-order valence-electron chi connectivity index (χ2n) is 5.93. The van der Waals surface area contributed by atoms with Gasteiger partial charge in [-0.1, -0.05) is 54.4 Å². The molecule has 0 radical (unpaired) electrons. The minimum atomic E-state index is -0.622. The Labute approximate surface area is 166 Å². The maximum Gasteiger partial charge on any atom is 0.331 e. The number of esters is 1. The van der Waals surface area contributed by atoms with Gasteiger partial charge in [-0.3, -0.25) is 4.79 Å². The first-order chi connectivity index (χ1) is 13.0. The lowest BCUT2D eigenvalue weighted by Crippen LogP contribution is -2.12. The molecule has 1 aromatic heterocycles. The molecule has 138 valence electrons. The lowest BCUT2D eigenvalue weighted by atomic mass is 10.1. The molecule has 1 N–H and O–H groups in total. The number of halogens is 2. The topological polar surface area (TPSA) is 59.2 Å². The van der Waals surface area contributed by atoms with Crippen LogP contribution in [0.25, 0.3) is 17.0 Å². The molecule has 2 aromatic carbocycles. The Kier molecular flexibility index (Phi) is 5.99. The fraction of sp³-hybridized carbons (Fsp3) is 0.143. The van der Waals surface area contributed by atoms with Gasteiger partial charge in [0.1, 0.15) is 0 Å². The van der Waals surface area contributed by atoms with Gasteiger partial charge in [-0.2, -0.15) is 0 Å². The van der Waals surface area contributed by atoms with Crippen LogP contribution in [-0.2, 0) is 16.0 Å². The molecule has 3 rings (SSSR count). The third-order valence-electron chi connectivity index (χ3n) is 4.19. The number of ketones is 1. The molecule has 6 heteroatoms. The molecule has 0 atom stereocenters. The van der Waals surface area contributed by atoms with Gasteiger partial charge in [0.2, 0.25) is 5.78 Å². The maximum absolute atomic E-state index is 12.4. The molecule has 3 aromatic rings. The van der Waals surface area contributed by atoms with Crippen LogP contribution >= 0.6 is 23.2 Å².